The van der Waals surface area contributed by atoms with E-state index in [2.05, 4.69) is 21.4 Å². The van der Waals surface area contributed by atoms with Gasteiger partial charge in [-0.25, -0.2) is 4.98 Å². The summed E-state index contributed by atoms with van der Waals surface area (Å²) in [7, 11) is 0. The van der Waals surface area contributed by atoms with Gasteiger partial charge in [0, 0.05) is 10.6 Å². The summed E-state index contributed by atoms with van der Waals surface area (Å²) in [5.74, 6) is 0.650. The van der Waals surface area contributed by atoms with Crippen molar-refractivity contribution in [2.24, 2.45) is 0 Å². The average Bonchev–Trinajstić information content (AvgIpc) is 2.94. The smallest absolute Gasteiger partial charge is 0.268 e. The highest BCUT2D eigenvalue weighted by atomic mass is 32.2. The Bertz CT molecular complexity index is 794. The highest BCUT2D eigenvalue weighted by Gasteiger charge is 2.05. The molecule has 0 fully saturated rings. The van der Waals surface area contributed by atoms with Crippen molar-refractivity contribution in [2.75, 3.05) is 11.6 Å². The largest absolute Gasteiger partial charge is 0.377 e. The van der Waals surface area contributed by atoms with Gasteiger partial charge >= 0.3 is 0 Å². The molecule has 0 amide bonds. The summed E-state index contributed by atoms with van der Waals surface area (Å²) in [5, 5.41) is 5.20. The van der Waals surface area contributed by atoms with Crippen LogP contribution in [0.3, 0.4) is 0 Å². The lowest BCUT2D eigenvalue weighted by Crippen LogP contribution is -2.13. The summed E-state index contributed by atoms with van der Waals surface area (Å²) in [6, 6.07) is 9.95. The van der Waals surface area contributed by atoms with Gasteiger partial charge in [0.15, 0.2) is 0 Å². The minimum Gasteiger partial charge on any atom is -0.377 e. The predicted molar refractivity (Wildman–Crippen MR) is 85.8 cm³/mol. The van der Waals surface area contributed by atoms with Crippen LogP contribution < -0.4 is 10.9 Å². The number of H-pyrrole nitrogens is 1. The van der Waals surface area contributed by atoms with Crippen LogP contribution in [0.5, 0.6) is 0 Å². The second-order valence-corrected chi connectivity index (χ2v) is 5.97. The molecule has 102 valence electrons. The molecule has 0 saturated heterocycles. The number of fused-ring (bicyclic) bond motifs is 1. The van der Waals surface area contributed by atoms with Gasteiger partial charge in [-0.1, -0.05) is 12.1 Å². The molecule has 0 aliphatic carbocycles. The van der Waals surface area contributed by atoms with Crippen molar-refractivity contribution in [3.63, 3.8) is 0 Å². The van der Waals surface area contributed by atoms with E-state index in [0.29, 0.717) is 17.1 Å². The first-order chi connectivity index (χ1) is 9.78. The fourth-order valence-electron chi connectivity index (χ4n) is 1.97. The lowest BCUT2D eigenvalue weighted by molar-refractivity contribution is 0.952. The standard InChI is InChI=1S/C14H13N3OS2/c1-19-11-5-3-2-4-9(11)15-8-12-16-10-6-7-20-13(10)14(18)17-12/h2-7,15H,8H2,1H3,(H,16,17,18). The van der Waals surface area contributed by atoms with E-state index in [1.54, 1.807) is 11.8 Å². The van der Waals surface area contributed by atoms with Gasteiger partial charge in [0.2, 0.25) is 0 Å². The van der Waals surface area contributed by atoms with Crippen molar-refractivity contribution >= 4 is 39.0 Å². The van der Waals surface area contributed by atoms with Gasteiger partial charge in [-0.3, -0.25) is 4.79 Å². The lowest BCUT2D eigenvalue weighted by atomic mass is 10.3. The molecule has 0 aliphatic rings. The monoisotopic (exact) mass is 303 g/mol. The first-order valence-corrected chi connectivity index (χ1v) is 8.21. The summed E-state index contributed by atoms with van der Waals surface area (Å²) in [4.78, 5) is 20.3. The summed E-state index contributed by atoms with van der Waals surface area (Å²) in [6.07, 6.45) is 2.04. The van der Waals surface area contributed by atoms with E-state index >= 15 is 0 Å². The first-order valence-electron chi connectivity index (χ1n) is 6.11. The van der Waals surface area contributed by atoms with Crippen molar-refractivity contribution < 1.29 is 0 Å². The zero-order chi connectivity index (χ0) is 13.9. The number of hydrogen-bond donors (Lipinski definition) is 2. The fraction of sp³-hybridized carbons (Fsp3) is 0.143. The number of benzene rings is 1. The minimum atomic E-state index is -0.0695. The quantitative estimate of drug-likeness (QED) is 0.726. The molecule has 4 nitrogen and oxygen atoms in total. The Morgan fingerprint density at radius 2 is 2.20 bits per heavy atom. The van der Waals surface area contributed by atoms with Crippen molar-refractivity contribution in [3.8, 4) is 0 Å². The lowest BCUT2D eigenvalue weighted by Gasteiger charge is -2.09. The first kappa shape index (κ1) is 13.2. The highest BCUT2D eigenvalue weighted by molar-refractivity contribution is 7.98. The zero-order valence-corrected chi connectivity index (χ0v) is 12.5. The molecule has 0 aliphatic heterocycles. The number of aromatic amines is 1. The number of thiophene rings is 1. The van der Waals surface area contributed by atoms with Gasteiger partial charge in [-0.2, -0.15) is 0 Å². The Morgan fingerprint density at radius 1 is 1.35 bits per heavy atom. The normalized spacial score (nSPS) is 10.8. The van der Waals surface area contributed by atoms with E-state index in [1.807, 2.05) is 35.9 Å². The van der Waals surface area contributed by atoms with Gasteiger partial charge in [0.1, 0.15) is 10.5 Å². The predicted octanol–water partition coefficient (Wildman–Crippen LogP) is 3.32. The number of para-hydroxylation sites is 1. The number of aromatic nitrogens is 2. The van der Waals surface area contributed by atoms with E-state index in [0.717, 1.165) is 11.2 Å². The van der Waals surface area contributed by atoms with Crippen LogP contribution in [0.2, 0.25) is 0 Å². The second-order valence-electron chi connectivity index (χ2n) is 4.20. The Labute approximate surface area is 124 Å². The fourth-order valence-corrected chi connectivity index (χ4v) is 3.28. The van der Waals surface area contributed by atoms with E-state index in [4.69, 9.17) is 0 Å². The van der Waals surface area contributed by atoms with Gasteiger partial charge in [0.05, 0.1) is 12.1 Å². The topological polar surface area (TPSA) is 57.8 Å². The molecule has 0 unspecified atom stereocenters. The molecule has 20 heavy (non-hydrogen) atoms. The van der Waals surface area contributed by atoms with Gasteiger partial charge < -0.3 is 10.3 Å². The number of thioether (sulfide) groups is 1. The molecular weight excluding hydrogens is 290 g/mol. The van der Waals surface area contributed by atoms with Gasteiger partial charge in [-0.15, -0.1) is 23.1 Å². The van der Waals surface area contributed by atoms with E-state index in [9.17, 15) is 4.79 Å². The maximum absolute atomic E-state index is 11.9. The maximum Gasteiger partial charge on any atom is 0.268 e. The Balaban J connectivity index is 1.85. The van der Waals surface area contributed by atoms with Crippen molar-refractivity contribution in [2.45, 2.75) is 11.4 Å². The minimum absolute atomic E-state index is 0.0695. The van der Waals surface area contributed by atoms with Crippen LogP contribution in [-0.4, -0.2) is 16.2 Å². The zero-order valence-electron chi connectivity index (χ0n) is 10.8. The second kappa shape index (κ2) is 5.68. The van der Waals surface area contributed by atoms with Crippen molar-refractivity contribution in [3.05, 3.63) is 51.9 Å². The summed E-state index contributed by atoms with van der Waals surface area (Å²) in [6.45, 7) is 0.499. The molecule has 0 spiro atoms. The third-order valence-electron chi connectivity index (χ3n) is 2.92. The van der Waals surface area contributed by atoms with Crippen LogP contribution in [0.25, 0.3) is 10.2 Å². The number of hydrogen-bond acceptors (Lipinski definition) is 5. The number of anilines is 1. The molecule has 0 saturated carbocycles. The van der Waals surface area contributed by atoms with Crippen LogP contribution in [0.4, 0.5) is 5.69 Å². The van der Waals surface area contributed by atoms with E-state index in [1.165, 1.54) is 16.2 Å². The van der Waals surface area contributed by atoms with Crippen LogP contribution in [0.15, 0.2) is 45.4 Å². The molecule has 3 rings (SSSR count). The molecule has 3 aromatic rings. The molecule has 0 atom stereocenters. The Morgan fingerprint density at radius 3 is 3.05 bits per heavy atom. The van der Waals surface area contributed by atoms with E-state index < -0.39 is 0 Å². The number of nitrogens with one attached hydrogen (secondary N) is 2. The Kier molecular flexibility index (Phi) is 3.75. The van der Waals surface area contributed by atoms with Gasteiger partial charge in [0.25, 0.3) is 5.56 Å². The van der Waals surface area contributed by atoms with Crippen LogP contribution >= 0.6 is 23.1 Å². The third-order valence-corrected chi connectivity index (χ3v) is 4.62. The SMILES string of the molecule is CSc1ccccc1NCc1nc2ccsc2c(=O)[nH]1. The summed E-state index contributed by atoms with van der Waals surface area (Å²) < 4.78 is 0.679. The Hall–Kier alpha value is -1.79. The van der Waals surface area contributed by atoms with Crippen molar-refractivity contribution in [1.82, 2.24) is 9.97 Å². The molecular formula is C14H13N3OS2. The van der Waals surface area contributed by atoms with Crippen LogP contribution in [0.1, 0.15) is 5.82 Å². The molecule has 0 radical (unpaired) electrons. The average molecular weight is 303 g/mol. The highest BCUT2D eigenvalue weighted by Crippen LogP contribution is 2.24. The summed E-state index contributed by atoms with van der Waals surface area (Å²) in [5.41, 5.74) is 1.74. The van der Waals surface area contributed by atoms with Crippen LogP contribution in [0, 0.1) is 0 Å². The number of nitrogens with zero attached hydrogens (tertiary/aromatic N) is 1. The van der Waals surface area contributed by atoms with Crippen molar-refractivity contribution in [1.29, 1.82) is 0 Å². The van der Waals surface area contributed by atoms with Gasteiger partial charge in [-0.05, 0) is 29.8 Å². The molecule has 2 N–H and O–H groups in total. The van der Waals surface area contributed by atoms with Crippen LogP contribution in [-0.2, 0) is 6.54 Å². The summed E-state index contributed by atoms with van der Waals surface area (Å²) >= 11 is 3.10. The molecule has 6 heteroatoms. The number of rotatable bonds is 4. The molecule has 0 bridgehead atoms. The molecule has 1 aromatic carbocycles. The molecule has 2 aromatic heterocycles. The maximum atomic E-state index is 11.9. The van der Waals surface area contributed by atoms with E-state index in [-0.39, 0.29) is 5.56 Å². The third kappa shape index (κ3) is 2.57. The molecule has 2 heterocycles.